The minimum Gasteiger partial charge on any atom is -0.459 e. The molecular weight excluding hydrogens is 534 g/mol. The maximum Gasteiger partial charge on any atom is 0.338 e. The predicted octanol–water partition coefficient (Wildman–Crippen LogP) is 5.40. The number of rotatable bonds is 9. The smallest absolute Gasteiger partial charge is 0.338 e. The third-order valence-corrected chi connectivity index (χ3v) is 7.76. The van der Waals surface area contributed by atoms with E-state index in [0.29, 0.717) is 43.5 Å². The van der Waals surface area contributed by atoms with Crippen LogP contribution in [0.1, 0.15) is 63.1 Å². The van der Waals surface area contributed by atoms with Crippen molar-refractivity contribution in [3.63, 3.8) is 0 Å². The predicted molar refractivity (Wildman–Crippen MR) is 156 cm³/mol. The minimum absolute atomic E-state index is 0.0354. The molecule has 2 saturated heterocycles. The molecule has 42 heavy (non-hydrogen) atoms. The first kappa shape index (κ1) is 29.5. The number of carbonyl (C=O) groups excluding carboxylic acids is 3. The first-order valence-corrected chi connectivity index (χ1v) is 14.5. The van der Waals surface area contributed by atoms with E-state index in [4.69, 9.17) is 18.9 Å². The van der Waals surface area contributed by atoms with Crippen LogP contribution in [0.15, 0.2) is 78.9 Å². The van der Waals surface area contributed by atoms with Gasteiger partial charge in [-0.2, -0.15) is 0 Å². The molecule has 1 unspecified atom stereocenters. The molecule has 4 atom stereocenters. The zero-order chi connectivity index (χ0) is 29.5. The summed E-state index contributed by atoms with van der Waals surface area (Å²) in [5.74, 6) is -1.02. The summed E-state index contributed by atoms with van der Waals surface area (Å²) in [6.07, 6.45) is -0.175. The number of benzene rings is 3. The van der Waals surface area contributed by atoms with Gasteiger partial charge in [0.1, 0.15) is 25.0 Å². The van der Waals surface area contributed by atoms with Crippen LogP contribution in [0, 0.1) is 13.8 Å². The molecule has 2 fully saturated rings. The fourth-order valence-corrected chi connectivity index (χ4v) is 5.23. The molecular formula is C34H37NO7. The first-order valence-electron chi connectivity index (χ1n) is 14.5. The third-order valence-electron chi connectivity index (χ3n) is 7.76. The number of esters is 2. The summed E-state index contributed by atoms with van der Waals surface area (Å²) in [4.78, 5) is 40.6. The maximum atomic E-state index is 13.2. The number of carbonyl (C=O) groups is 3. The van der Waals surface area contributed by atoms with Gasteiger partial charge in [-0.1, -0.05) is 65.7 Å². The fourth-order valence-electron chi connectivity index (χ4n) is 5.23. The Balaban J connectivity index is 1.24. The van der Waals surface area contributed by atoms with Gasteiger partial charge in [0.05, 0.1) is 23.8 Å². The highest BCUT2D eigenvalue weighted by Crippen LogP contribution is 2.30. The van der Waals surface area contributed by atoms with E-state index in [9.17, 15) is 14.4 Å². The fraction of sp³-hybridized carbons (Fsp3) is 0.382. The molecule has 0 spiro atoms. The Kier molecular flexibility index (Phi) is 9.66. The van der Waals surface area contributed by atoms with Gasteiger partial charge in [0.15, 0.2) is 0 Å². The van der Waals surface area contributed by atoms with Crippen molar-refractivity contribution in [2.24, 2.45) is 0 Å². The van der Waals surface area contributed by atoms with Crippen LogP contribution < -0.4 is 0 Å². The van der Waals surface area contributed by atoms with Gasteiger partial charge in [-0.25, -0.2) is 9.59 Å². The van der Waals surface area contributed by atoms with Gasteiger partial charge in [-0.15, -0.1) is 0 Å². The van der Waals surface area contributed by atoms with Crippen LogP contribution in [-0.2, 0) is 30.3 Å². The van der Waals surface area contributed by atoms with Gasteiger partial charge in [-0.3, -0.25) is 4.79 Å². The average Bonchev–Trinajstić information content (AvgIpc) is 3.29. The summed E-state index contributed by atoms with van der Waals surface area (Å²) in [6, 6.07) is 24.2. The van der Waals surface area contributed by atoms with E-state index in [-0.39, 0.29) is 25.0 Å². The van der Waals surface area contributed by atoms with Crippen LogP contribution in [0.3, 0.4) is 0 Å². The first-order chi connectivity index (χ1) is 20.4. The van der Waals surface area contributed by atoms with Crippen LogP contribution in [0.2, 0.25) is 0 Å². The molecule has 0 N–H and O–H groups in total. The van der Waals surface area contributed by atoms with Crippen molar-refractivity contribution in [2.45, 2.75) is 70.7 Å². The lowest BCUT2D eigenvalue weighted by Crippen LogP contribution is -2.40. The SMILES string of the molecule is Cc1ccc(C(=O)OC[C@H]2O[C@@H](N3CC[C@@H](OCc4ccccc4)CCC3=O)CC2OC(=O)c2ccc(C)cc2)cc1. The Morgan fingerprint density at radius 2 is 1.50 bits per heavy atom. The minimum atomic E-state index is -0.722. The van der Waals surface area contributed by atoms with Crippen LogP contribution in [0.25, 0.3) is 0 Å². The van der Waals surface area contributed by atoms with Crippen molar-refractivity contribution in [1.82, 2.24) is 4.90 Å². The molecule has 8 nitrogen and oxygen atoms in total. The molecule has 2 aliphatic rings. The summed E-state index contributed by atoms with van der Waals surface area (Å²) >= 11 is 0. The van der Waals surface area contributed by atoms with E-state index in [2.05, 4.69) is 0 Å². The van der Waals surface area contributed by atoms with Gasteiger partial charge in [0.25, 0.3) is 0 Å². The molecule has 220 valence electrons. The van der Waals surface area contributed by atoms with Crippen molar-refractivity contribution >= 4 is 17.8 Å². The molecule has 5 rings (SSSR count). The monoisotopic (exact) mass is 571 g/mol. The largest absolute Gasteiger partial charge is 0.459 e. The quantitative estimate of drug-likeness (QED) is 0.318. The van der Waals surface area contributed by atoms with E-state index in [0.717, 1.165) is 16.7 Å². The van der Waals surface area contributed by atoms with Gasteiger partial charge >= 0.3 is 11.9 Å². The normalized spacial score (nSPS) is 22.4. The topological polar surface area (TPSA) is 91.4 Å². The standard InChI is InChI=1S/C34H37NO7/c1-23-8-12-26(13-9-23)33(37)40-22-30-29(42-34(38)27-14-10-24(2)11-15-27)20-32(41-30)35-19-18-28(16-17-31(35)36)39-21-25-6-4-3-5-7-25/h3-15,28-30,32H,16-22H2,1-2H3/t28-,29?,30+,32+/m0/s1. The van der Waals surface area contributed by atoms with E-state index >= 15 is 0 Å². The lowest BCUT2D eigenvalue weighted by Gasteiger charge is -2.27. The Morgan fingerprint density at radius 3 is 2.17 bits per heavy atom. The Bertz CT molecular complexity index is 1360. The van der Waals surface area contributed by atoms with Crippen molar-refractivity contribution in [2.75, 3.05) is 13.2 Å². The van der Waals surface area contributed by atoms with Crippen LogP contribution >= 0.6 is 0 Å². The lowest BCUT2D eigenvalue weighted by molar-refractivity contribution is -0.146. The second-order valence-electron chi connectivity index (χ2n) is 11.0. The zero-order valence-electron chi connectivity index (χ0n) is 24.1. The summed E-state index contributed by atoms with van der Waals surface area (Å²) in [7, 11) is 0. The maximum absolute atomic E-state index is 13.2. The molecule has 0 aromatic heterocycles. The molecule has 2 heterocycles. The van der Waals surface area contributed by atoms with Gasteiger partial charge in [-0.05, 0) is 56.5 Å². The zero-order valence-corrected chi connectivity index (χ0v) is 24.1. The van der Waals surface area contributed by atoms with Gasteiger partial charge in [0.2, 0.25) is 5.91 Å². The Hall–Kier alpha value is -4.01. The Morgan fingerprint density at radius 1 is 0.857 bits per heavy atom. The van der Waals surface area contributed by atoms with Crippen molar-refractivity contribution in [3.05, 3.63) is 107 Å². The second-order valence-corrected chi connectivity index (χ2v) is 11.0. The molecule has 3 aromatic carbocycles. The van der Waals surface area contributed by atoms with Crippen LogP contribution in [-0.4, -0.2) is 60.4 Å². The molecule has 0 bridgehead atoms. The van der Waals surface area contributed by atoms with Crippen LogP contribution in [0.4, 0.5) is 0 Å². The number of likely N-dealkylation sites (tertiary alicyclic amines) is 1. The van der Waals surface area contributed by atoms with Crippen molar-refractivity contribution in [1.29, 1.82) is 0 Å². The number of ether oxygens (including phenoxy) is 4. The van der Waals surface area contributed by atoms with E-state index < -0.39 is 30.4 Å². The van der Waals surface area contributed by atoms with Gasteiger partial charge < -0.3 is 23.8 Å². The lowest BCUT2D eigenvalue weighted by atomic mass is 10.1. The number of hydrogen-bond acceptors (Lipinski definition) is 7. The number of amides is 1. The highest BCUT2D eigenvalue weighted by molar-refractivity contribution is 5.90. The van der Waals surface area contributed by atoms with E-state index in [1.807, 2.05) is 68.4 Å². The highest BCUT2D eigenvalue weighted by Gasteiger charge is 2.43. The van der Waals surface area contributed by atoms with Crippen molar-refractivity contribution in [3.8, 4) is 0 Å². The number of nitrogens with zero attached hydrogens (tertiary/aromatic N) is 1. The molecule has 2 aliphatic heterocycles. The molecule has 0 aliphatic carbocycles. The third kappa shape index (κ3) is 7.63. The molecule has 0 radical (unpaired) electrons. The average molecular weight is 572 g/mol. The molecule has 1 amide bonds. The van der Waals surface area contributed by atoms with Gasteiger partial charge in [0, 0.05) is 19.4 Å². The van der Waals surface area contributed by atoms with Crippen molar-refractivity contribution < 1.29 is 33.3 Å². The highest BCUT2D eigenvalue weighted by atomic mass is 16.6. The van der Waals surface area contributed by atoms with E-state index in [1.165, 1.54) is 0 Å². The molecule has 8 heteroatoms. The summed E-state index contributed by atoms with van der Waals surface area (Å²) in [5.41, 5.74) is 4.00. The summed E-state index contributed by atoms with van der Waals surface area (Å²) < 4.78 is 23.9. The summed E-state index contributed by atoms with van der Waals surface area (Å²) in [6.45, 7) is 4.72. The summed E-state index contributed by atoms with van der Waals surface area (Å²) in [5, 5.41) is 0. The second kappa shape index (κ2) is 13.8. The van der Waals surface area contributed by atoms with E-state index in [1.54, 1.807) is 29.2 Å². The Labute approximate surface area is 246 Å². The molecule has 3 aromatic rings. The number of aryl methyl sites for hydroxylation is 2. The molecule has 0 saturated carbocycles. The number of hydrogen-bond donors (Lipinski definition) is 0. The van der Waals surface area contributed by atoms with Crippen LogP contribution in [0.5, 0.6) is 0 Å².